The van der Waals surface area contributed by atoms with Gasteiger partial charge in [-0.3, -0.25) is 14.9 Å². The van der Waals surface area contributed by atoms with Crippen LogP contribution in [0.25, 0.3) is 0 Å². The van der Waals surface area contributed by atoms with Crippen LogP contribution in [-0.2, 0) is 0 Å². The van der Waals surface area contributed by atoms with Gasteiger partial charge in [-0.2, -0.15) is 0 Å². The average Bonchev–Trinajstić information content (AvgIpc) is 2.83. The second-order valence-corrected chi connectivity index (χ2v) is 7.30. The second kappa shape index (κ2) is 11.1. The molecule has 3 rings (SSSR count). The lowest BCUT2D eigenvalue weighted by molar-refractivity contribution is 0.0965. The van der Waals surface area contributed by atoms with Crippen LogP contribution in [-0.4, -0.2) is 39.2 Å². The molecule has 0 atom stereocenters. The normalized spacial score (nSPS) is 10.1. The van der Waals surface area contributed by atoms with Crippen molar-refractivity contribution >= 4 is 40.8 Å². The number of hydrogen-bond acceptors (Lipinski definition) is 6. The summed E-state index contributed by atoms with van der Waals surface area (Å²) in [5.74, 6) is -0.142. The minimum Gasteiger partial charge on any atom is -0.493 e. The Hall–Kier alpha value is -4.24. The number of hydrogen-bond donors (Lipinski definition) is 3. The van der Waals surface area contributed by atoms with Crippen LogP contribution in [0.1, 0.15) is 20.7 Å². The van der Waals surface area contributed by atoms with E-state index in [1.807, 2.05) is 0 Å². The minimum atomic E-state index is -0.764. The van der Waals surface area contributed by atoms with Gasteiger partial charge in [0.15, 0.2) is 11.5 Å². The number of amides is 4. The molecule has 0 radical (unpaired) electrons. The molecule has 0 aliphatic rings. The summed E-state index contributed by atoms with van der Waals surface area (Å²) < 4.78 is 15.7. The Morgan fingerprint density at radius 3 is 1.85 bits per heavy atom. The highest BCUT2D eigenvalue weighted by molar-refractivity contribution is 6.30. The van der Waals surface area contributed by atoms with Gasteiger partial charge in [-0.05, 0) is 54.6 Å². The van der Waals surface area contributed by atoms with Gasteiger partial charge in [0.25, 0.3) is 11.8 Å². The van der Waals surface area contributed by atoms with E-state index in [0.29, 0.717) is 27.7 Å². The summed E-state index contributed by atoms with van der Waals surface area (Å²) in [6.45, 7) is 0. The highest BCUT2D eigenvalue weighted by atomic mass is 35.5. The first-order valence-corrected chi connectivity index (χ1v) is 10.3. The summed E-state index contributed by atoms with van der Waals surface area (Å²) in [6.07, 6.45) is 0. The van der Waals surface area contributed by atoms with Gasteiger partial charge in [0.05, 0.1) is 21.3 Å². The number of benzene rings is 3. The van der Waals surface area contributed by atoms with E-state index in [9.17, 15) is 14.4 Å². The van der Waals surface area contributed by atoms with Gasteiger partial charge in [-0.15, -0.1) is 0 Å². The molecule has 0 aromatic heterocycles. The van der Waals surface area contributed by atoms with Crippen LogP contribution in [0.3, 0.4) is 0 Å². The molecule has 0 aliphatic heterocycles. The number of anilines is 2. The molecule has 0 unspecified atom stereocenters. The number of ether oxygens (including phenoxy) is 3. The van der Waals surface area contributed by atoms with E-state index in [-0.39, 0.29) is 23.0 Å². The van der Waals surface area contributed by atoms with E-state index in [1.54, 1.807) is 48.5 Å². The molecule has 34 heavy (non-hydrogen) atoms. The third-order valence-electron chi connectivity index (χ3n) is 4.64. The van der Waals surface area contributed by atoms with Crippen molar-refractivity contribution in [2.45, 2.75) is 0 Å². The van der Waals surface area contributed by atoms with Gasteiger partial charge in [0.1, 0.15) is 0 Å². The van der Waals surface area contributed by atoms with E-state index in [4.69, 9.17) is 25.8 Å². The van der Waals surface area contributed by atoms with Crippen molar-refractivity contribution in [3.05, 3.63) is 76.8 Å². The van der Waals surface area contributed by atoms with Gasteiger partial charge in [-0.25, -0.2) is 4.79 Å². The number of carbonyl (C=O) groups is 3. The Labute approximate surface area is 201 Å². The van der Waals surface area contributed by atoms with E-state index in [0.717, 1.165) is 0 Å². The lowest BCUT2D eigenvalue weighted by atomic mass is 10.1. The molecule has 0 aliphatic carbocycles. The maximum Gasteiger partial charge on any atom is 0.326 e. The van der Waals surface area contributed by atoms with Crippen molar-refractivity contribution in [1.82, 2.24) is 5.32 Å². The molecule has 10 heteroatoms. The molecule has 4 amide bonds. The molecular weight excluding hydrogens is 462 g/mol. The number of urea groups is 1. The van der Waals surface area contributed by atoms with Crippen LogP contribution in [0, 0.1) is 0 Å². The largest absolute Gasteiger partial charge is 0.493 e. The molecule has 3 N–H and O–H groups in total. The molecule has 0 spiro atoms. The molecular formula is C24H22ClN3O6. The average molecular weight is 484 g/mol. The highest BCUT2D eigenvalue weighted by Crippen LogP contribution is 2.38. The third kappa shape index (κ3) is 5.96. The molecule has 0 saturated carbocycles. The quantitative estimate of drug-likeness (QED) is 0.453. The van der Waals surface area contributed by atoms with Crippen molar-refractivity contribution in [3.8, 4) is 17.2 Å². The molecule has 0 bridgehead atoms. The molecule has 0 saturated heterocycles. The Morgan fingerprint density at radius 1 is 0.706 bits per heavy atom. The SMILES string of the molecule is COc1cc(C(=O)NC(=O)Nc2cccc(NC(=O)c3ccc(Cl)cc3)c2)cc(OC)c1OC. The number of imide groups is 1. The summed E-state index contributed by atoms with van der Waals surface area (Å²) in [4.78, 5) is 37.4. The first-order valence-electron chi connectivity index (χ1n) is 9.94. The fourth-order valence-corrected chi connectivity index (χ4v) is 3.16. The monoisotopic (exact) mass is 483 g/mol. The predicted molar refractivity (Wildman–Crippen MR) is 128 cm³/mol. The number of rotatable bonds is 7. The lowest BCUT2D eigenvalue weighted by Crippen LogP contribution is -2.34. The van der Waals surface area contributed by atoms with E-state index in [1.165, 1.54) is 33.5 Å². The zero-order valence-electron chi connectivity index (χ0n) is 18.6. The van der Waals surface area contributed by atoms with Crippen molar-refractivity contribution in [3.63, 3.8) is 0 Å². The first-order chi connectivity index (χ1) is 16.3. The first kappa shape index (κ1) is 24.4. The second-order valence-electron chi connectivity index (χ2n) is 6.86. The van der Waals surface area contributed by atoms with Gasteiger partial charge < -0.3 is 24.8 Å². The number of methoxy groups -OCH3 is 3. The van der Waals surface area contributed by atoms with Crippen LogP contribution < -0.4 is 30.2 Å². The lowest BCUT2D eigenvalue weighted by Gasteiger charge is -2.14. The Morgan fingerprint density at radius 2 is 1.29 bits per heavy atom. The van der Waals surface area contributed by atoms with Crippen molar-refractivity contribution in [2.24, 2.45) is 0 Å². The maximum atomic E-state index is 12.6. The van der Waals surface area contributed by atoms with E-state index in [2.05, 4.69) is 16.0 Å². The van der Waals surface area contributed by atoms with Crippen molar-refractivity contribution in [2.75, 3.05) is 32.0 Å². The Bertz CT molecular complexity index is 1190. The fraction of sp³-hybridized carbons (Fsp3) is 0.125. The van der Waals surface area contributed by atoms with Gasteiger partial charge in [0, 0.05) is 27.5 Å². The van der Waals surface area contributed by atoms with Crippen molar-refractivity contribution in [1.29, 1.82) is 0 Å². The van der Waals surface area contributed by atoms with Crippen LogP contribution in [0.5, 0.6) is 17.2 Å². The maximum absolute atomic E-state index is 12.6. The molecule has 9 nitrogen and oxygen atoms in total. The summed E-state index contributed by atoms with van der Waals surface area (Å²) in [5, 5.41) is 8.05. The predicted octanol–water partition coefficient (Wildman–Crippen LogP) is 4.58. The van der Waals surface area contributed by atoms with Gasteiger partial charge >= 0.3 is 6.03 Å². The number of halogens is 1. The molecule has 176 valence electrons. The summed E-state index contributed by atoms with van der Waals surface area (Å²) in [7, 11) is 4.29. The molecule has 0 heterocycles. The number of nitrogens with one attached hydrogen (secondary N) is 3. The Kier molecular flexibility index (Phi) is 7.94. The summed E-state index contributed by atoms with van der Waals surface area (Å²) in [5.41, 5.74) is 1.38. The van der Waals surface area contributed by atoms with Crippen LogP contribution in [0.2, 0.25) is 5.02 Å². The number of carbonyl (C=O) groups excluding carboxylic acids is 3. The molecule has 3 aromatic rings. The summed E-state index contributed by atoms with van der Waals surface area (Å²) >= 11 is 5.84. The van der Waals surface area contributed by atoms with Gasteiger partial charge in [-0.1, -0.05) is 17.7 Å². The summed E-state index contributed by atoms with van der Waals surface area (Å²) in [6, 6.07) is 15.0. The van der Waals surface area contributed by atoms with Crippen LogP contribution in [0.15, 0.2) is 60.7 Å². The third-order valence-corrected chi connectivity index (χ3v) is 4.89. The van der Waals surface area contributed by atoms with E-state index < -0.39 is 11.9 Å². The Balaban J connectivity index is 1.66. The topological polar surface area (TPSA) is 115 Å². The van der Waals surface area contributed by atoms with Crippen molar-refractivity contribution < 1.29 is 28.6 Å². The smallest absolute Gasteiger partial charge is 0.326 e. The zero-order chi connectivity index (χ0) is 24.7. The fourth-order valence-electron chi connectivity index (χ4n) is 3.03. The molecule has 0 fully saturated rings. The van der Waals surface area contributed by atoms with E-state index >= 15 is 0 Å². The standard InChI is InChI=1S/C24H22ClN3O6/c1-32-19-11-15(12-20(33-2)21(19)34-3)23(30)28-24(31)27-18-6-4-5-17(13-18)26-22(29)14-7-9-16(25)10-8-14/h4-13H,1-3H3,(H,26,29)(H2,27,28,30,31). The molecule has 3 aromatic carbocycles. The van der Waals surface area contributed by atoms with Gasteiger partial charge in [0.2, 0.25) is 5.75 Å². The van der Waals surface area contributed by atoms with Crippen LogP contribution in [0.4, 0.5) is 16.2 Å². The van der Waals surface area contributed by atoms with Crippen LogP contribution >= 0.6 is 11.6 Å². The highest BCUT2D eigenvalue weighted by Gasteiger charge is 2.18. The zero-order valence-corrected chi connectivity index (χ0v) is 19.4. The minimum absolute atomic E-state index is 0.133.